The minimum absolute atomic E-state index is 0.0148. The maximum Gasteiger partial charge on any atom is 0.249 e. The summed E-state index contributed by atoms with van der Waals surface area (Å²) in [6.45, 7) is 0.500. The number of nitrogens with zero attached hydrogens (tertiary/aromatic N) is 3. The molecule has 0 aliphatic carbocycles. The van der Waals surface area contributed by atoms with E-state index >= 15 is 0 Å². The number of hydrogen-bond acceptors (Lipinski definition) is 5. The summed E-state index contributed by atoms with van der Waals surface area (Å²) in [6, 6.07) is 11.8. The zero-order chi connectivity index (χ0) is 16.9. The van der Waals surface area contributed by atoms with Gasteiger partial charge in [0.05, 0.1) is 11.2 Å². The molecule has 2 aromatic carbocycles. The summed E-state index contributed by atoms with van der Waals surface area (Å²) in [5, 5.41) is 14.5. The lowest BCUT2D eigenvalue weighted by atomic mass is 10.2. The Morgan fingerprint density at radius 2 is 1.88 bits per heavy atom. The average Bonchev–Trinajstić information content (AvgIpc) is 2.58. The van der Waals surface area contributed by atoms with Crippen LogP contribution in [0.5, 0.6) is 0 Å². The highest BCUT2D eigenvalue weighted by Gasteiger charge is 2.05. The number of hydrogen-bond donors (Lipinski definition) is 2. The van der Waals surface area contributed by atoms with E-state index in [0.717, 1.165) is 5.56 Å². The highest BCUT2D eigenvalue weighted by atomic mass is 35.5. The van der Waals surface area contributed by atoms with Gasteiger partial charge in [0.25, 0.3) is 0 Å². The molecular weight excluding hydrogens is 352 g/mol. The van der Waals surface area contributed by atoms with E-state index in [1.54, 1.807) is 0 Å². The van der Waals surface area contributed by atoms with E-state index in [2.05, 4.69) is 25.8 Å². The highest BCUT2D eigenvalue weighted by molar-refractivity contribution is 6.31. The molecular formula is C16H12Cl2FN5. The summed E-state index contributed by atoms with van der Waals surface area (Å²) in [5.74, 6) is 0.305. The van der Waals surface area contributed by atoms with Crippen molar-refractivity contribution in [1.29, 1.82) is 0 Å². The zero-order valence-corrected chi connectivity index (χ0v) is 13.8. The smallest absolute Gasteiger partial charge is 0.249 e. The molecule has 1 aromatic heterocycles. The predicted molar refractivity (Wildman–Crippen MR) is 93.3 cm³/mol. The highest BCUT2D eigenvalue weighted by Crippen LogP contribution is 2.21. The Bertz CT molecular complexity index is 859. The average molecular weight is 364 g/mol. The molecule has 5 nitrogen and oxygen atoms in total. The second-order valence-corrected chi connectivity index (χ2v) is 5.68. The molecule has 122 valence electrons. The van der Waals surface area contributed by atoms with Crippen molar-refractivity contribution in [3.05, 3.63) is 70.1 Å². The molecule has 24 heavy (non-hydrogen) atoms. The first kappa shape index (κ1) is 16.4. The van der Waals surface area contributed by atoms with Gasteiger partial charge in [-0.25, -0.2) is 4.39 Å². The Balaban J connectivity index is 1.69. The van der Waals surface area contributed by atoms with Gasteiger partial charge in [0.2, 0.25) is 5.95 Å². The molecule has 0 spiro atoms. The third-order valence-corrected chi connectivity index (χ3v) is 3.81. The van der Waals surface area contributed by atoms with Crippen molar-refractivity contribution < 1.29 is 4.39 Å². The number of rotatable bonds is 5. The van der Waals surface area contributed by atoms with Crippen LogP contribution in [0.15, 0.2) is 48.7 Å². The maximum atomic E-state index is 13.2. The van der Waals surface area contributed by atoms with E-state index in [-0.39, 0.29) is 11.0 Å². The van der Waals surface area contributed by atoms with Gasteiger partial charge in [-0.1, -0.05) is 41.4 Å². The molecule has 0 amide bonds. The molecule has 0 aliphatic rings. The lowest BCUT2D eigenvalue weighted by Gasteiger charge is -2.09. The van der Waals surface area contributed by atoms with E-state index in [4.69, 9.17) is 23.2 Å². The Hall–Kier alpha value is -2.44. The first-order chi connectivity index (χ1) is 11.6. The van der Waals surface area contributed by atoms with Crippen molar-refractivity contribution in [3.63, 3.8) is 0 Å². The monoisotopic (exact) mass is 363 g/mol. The van der Waals surface area contributed by atoms with Crippen LogP contribution in [0.1, 0.15) is 5.56 Å². The van der Waals surface area contributed by atoms with Crippen molar-refractivity contribution in [2.75, 3.05) is 10.6 Å². The fraction of sp³-hybridized carbons (Fsp3) is 0.0625. The number of anilines is 3. The lowest BCUT2D eigenvalue weighted by molar-refractivity contribution is 0.628. The summed E-state index contributed by atoms with van der Waals surface area (Å²) in [5.41, 5.74) is 1.50. The summed E-state index contributed by atoms with van der Waals surface area (Å²) < 4.78 is 13.2. The summed E-state index contributed by atoms with van der Waals surface area (Å²) in [6.07, 6.45) is 1.50. The van der Waals surface area contributed by atoms with Crippen molar-refractivity contribution in [3.8, 4) is 0 Å². The zero-order valence-electron chi connectivity index (χ0n) is 12.3. The fourth-order valence-electron chi connectivity index (χ4n) is 1.97. The topological polar surface area (TPSA) is 62.7 Å². The summed E-state index contributed by atoms with van der Waals surface area (Å²) in [4.78, 5) is 4.29. The quantitative estimate of drug-likeness (QED) is 0.689. The van der Waals surface area contributed by atoms with E-state index in [1.807, 2.05) is 24.3 Å². The molecule has 0 bridgehead atoms. The van der Waals surface area contributed by atoms with Crippen LogP contribution in [0.25, 0.3) is 0 Å². The van der Waals surface area contributed by atoms with Gasteiger partial charge in [-0.2, -0.15) is 10.1 Å². The summed E-state index contributed by atoms with van der Waals surface area (Å²) >= 11 is 11.9. The normalized spacial score (nSPS) is 10.5. The van der Waals surface area contributed by atoms with Gasteiger partial charge in [0, 0.05) is 17.3 Å². The molecule has 0 radical (unpaired) electrons. The Kier molecular flexibility index (Phi) is 5.08. The number of nitrogens with one attached hydrogen (secondary N) is 2. The molecule has 3 aromatic rings. The molecule has 0 aliphatic heterocycles. The SMILES string of the molecule is Fc1ccc(Nc2nncc(NCc3ccccc3Cl)n2)cc1Cl. The van der Waals surface area contributed by atoms with Crippen molar-refractivity contribution in [2.45, 2.75) is 6.54 Å². The Labute approximate surface area is 147 Å². The Morgan fingerprint density at radius 3 is 2.67 bits per heavy atom. The van der Waals surface area contributed by atoms with Gasteiger partial charge in [-0.05, 0) is 29.8 Å². The predicted octanol–water partition coefficient (Wildman–Crippen LogP) is 4.67. The van der Waals surface area contributed by atoms with Crippen LogP contribution in [0, 0.1) is 5.82 Å². The molecule has 0 saturated heterocycles. The van der Waals surface area contributed by atoms with E-state index in [1.165, 1.54) is 24.4 Å². The number of benzene rings is 2. The molecule has 0 saturated carbocycles. The van der Waals surface area contributed by atoms with Gasteiger partial charge in [0.15, 0.2) is 5.82 Å². The van der Waals surface area contributed by atoms with Gasteiger partial charge in [-0.15, -0.1) is 5.10 Å². The van der Waals surface area contributed by atoms with Gasteiger partial charge >= 0.3 is 0 Å². The second-order valence-electron chi connectivity index (χ2n) is 4.86. The summed E-state index contributed by atoms with van der Waals surface area (Å²) in [7, 11) is 0. The van der Waals surface area contributed by atoms with Crippen molar-refractivity contribution in [1.82, 2.24) is 15.2 Å². The van der Waals surface area contributed by atoms with Crippen molar-refractivity contribution >= 4 is 40.7 Å². The van der Waals surface area contributed by atoms with Crippen LogP contribution < -0.4 is 10.6 Å². The van der Waals surface area contributed by atoms with Crippen LogP contribution >= 0.6 is 23.2 Å². The van der Waals surface area contributed by atoms with E-state index in [9.17, 15) is 4.39 Å². The van der Waals surface area contributed by atoms with Gasteiger partial charge in [-0.3, -0.25) is 0 Å². The van der Waals surface area contributed by atoms with Crippen molar-refractivity contribution in [2.24, 2.45) is 0 Å². The second kappa shape index (κ2) is 7.42. The van der Waals surface area contributed by atoms with Crippen LogP contribution in [-0.4, -0.2) is 15.2 Å². The molecule has 0 fully saturated rings. The minimum Gasteiger partial charge on any atom is -0.364 e. The molecule has 8 heteroatoms. The first-order valence-electron chi connectivity index (χ1n) is 7.01. The third-order valence-electron chi connectivity index (χ3n) is 3.15. The van der Waals surface area contributed by atoms with E-state index in [0.29, 0.717) is 23.1 Å². The van der Waals surface area contributed by atoms with Crippen LogP contribution in [-0.2, 0) is 6.54 Å². The first-order valence-corrected chi connectivity index (χ1v) is 7.76. The maximum absolute atomic E-state index is 13.2. The van der Waals surface area contributed by atoms with Crippen LogP contribution in [0.3, 0.4) is 0 Å². The van der Waals surface area contributed by atoms with Crippen LogP contribution in [0.4, 0.5) is 21.8 Å². The molecule has 2 N–H and O–H groups in total. The largest absolute Gasteiger partial charge is 0.364 e. The van der Waals surface area contributed by atoms with Gasteiger partial charge < -0.3 is 10.6 Å². The van der Waals surface area contributed by atoms with Gasteiger partial charge in [0.1, 0.15) is 5.82 Å². The minimum atomic E-state index is -0.489. The standard InChI is InChI=1S/C16H12Cl2FN5/c17-12-4-2-1-3-10(12)8-20-15-9-21-24-16(23-15)22-11-5-6-14(19)13(18)7-11/h1-7,9H,8H2,(H2,20,22,23,24). The third kappa shape index (κ3) is 4.10. The number of halogens is 3. The van der Waals surface area contributed by atoms with Crippen LogP contribution in [0.2, 0.25) is 10.0 Å². The number of aromatic nitrogens is 3. The Morgan fingerprint density at radius 1 is 1.04 bits per heavy atom. The fourth-order valence-corrected chi connectivity index (χ4v) is 2.36. The lowest BCUT2D eigenvalue weighted by Crippen LogP contribution is -2.06. The molecule has 3 rings (SSSR count). The van der Waals surface area contributed by atoms with E-state index < -0.39 is 5.82 Å². The molecule has 1 heterocycles. The molecule has 0 atom stereocenters. The molecule has 0 unspecified atom stereocenters.